The van der Waals surface area contributed by atoms with E-state index in [0.29, 0.717) is 33.5 Å². The van der Waals surface area contributed by atoms with Crippen molar-refractivity contribution in [2.24, 2.45) is 0 Å². The number of rotatable bonds is 4. The Balaban J connectivity index is 2.06. The van der Waals surface area contributed by atoms with Crippen LogP contribution in [0.2, 0.25) is 5.15 Å². The van der Waals surface area contributed by atoms with E-state index in [4.69, 9.17) is 25.5 Å². The molecule has 2 aromatic heterocycles. The molecule has 4 rings (SSSR count). The Morgan fingerprint density at radius 2 is 1.58 bits per heavy atom. The Hall–Kier alpha value is -3.05. The Morgan fingerprint density at radius 3 is 2.23 bits per heavy atom. The molecule has 0 amide bonds. The first kappa shape index (κ1) is 16.4. The van der Waals surface area contributed by atoms with Gasteiger partial charge in [0.2, 0.25) is 5.71 Å². The maximum absolute atomic E-state index is 6.37. The molecule has 2 aromatic carbocycles. The van der Waals surface area contributed by atoms with Crippen molar-refractivity contribution in [3.05, 3.63) is 60.0 Å². The summed E-state index contributed by atoms with van der Waals surface area (Å²) in [6, 6.07) is 15.4. The molecule has 26 heavy (non-hydrogen) atoms. The molecular formula is C20H15ClN2O3. The minimum atomic E-state index is 0.346. The van der Waals surface area contributed by atoms with Crippen LogP contribution in [0.15, 0.2) is 59.3 Å². The number of hydrogen-bond acceptors (Lipinski definition) is 5. The zero-order chi connectivity index (χ0) is 18.1. The largest absolute Gasteiger partial charge is 0.497 e. The second-order valence-electron chi connectivity index (χ2n) is 5.62. The molecule has 0 atom stereocenters. The van der Waals surface area contributed by atoms with Crippen LogP contribution in [0.4, 0.5) is 0 Å². The van der Waals surface area contributed by atoms with E-state index in [1.165, 1.54) is 6.33 Å². The van der Waals surface area contributed by atoms with Crippen molar-refractivity contribution in [1.82, 2.24) is 9.97 Å². The number of methoxy groups -OCH3 is 2. The fourth-order valence-electron chi connectivity index (χ4n) is 2.92. The molecule has 2 heterocycles. The zero-order valence-corrected chi connectivity index (χ0v) is 14.9. The third-order valence-corrected chi connectivity index (χ3v) is 4.40. The molecule has 0 N–H and O–H groups in total. The maximum Gasteiger partial charge on any atom is 0.231 e. The van der Waals surface area contributed by atoms with Crippen LogP contribution in [-0.2, 0) is 0 Å². The second kappa shape index (κ2) is 6.69. The normalized spacial score (nSPS) is 10.9. The Kier molecular flexibility index (Phi) is 4.22. The van der Waals surface area contributed by atoms with Gasteiger partial charge in [-0.3, -0.25) is 0 Å². The number of benzene rings is 2. The van der Waals surface area contributed by atoms with E-state index in [1.807, 2.05) is 42.5 Å². The predicted molar refractivity (Wildman–Crippen MR) is 101 cm³/mol. The number of nitrogens with zero attached hydrogens (tertiary/aromatic N) is 2. The van der Waals surface area contributed by atoms with Gasteiger partial charge in [0, 0.05) is 17.2 Å². The molecule has 0 aliphatic carbocycles. The van der Waals surface area contributed by atoms with Crippen molar-refractivity contribution >= 4 is 22.7 Å². The zero-order valence-electron chi connectivity index (χ0n) is 14.2. The fraction of sp³-hybridized carbons (Fsp3) is 0.100. The van der Waals surface area contributed by atoms with Crippen molar-refractivity contribution in [3.63, 3.8) is 0 Å². The summed E-state index contributed by atoms with van der Waals surface area (Å²) in [4.78, 5) is 8.35. The SMILES string of the molecule is COc1cc(OC)cc(-c2oc3ncnc(Cl)c3c2-c2ccccc2)c1. The third kappa shape index (κ3) is 2.76. The quantitative estimate of drug-likeness (QED) is 0.463. The van der Waals surface area contributed by atoms with Gasteiger partial charge in [0.1, 0.15) is 28.7 Å². The van der Waals surface area contributed by atoms with Gasteiger partial charge in [-0.2, -0.15) is 0 Å². The van der Waals surface area contributed by atoms with Crippen LogP contribution < -0.4 is 9.47 Å². The summed E-state index contributed by atoms with van der Waals surface area (Å²) in [5.74, 6) is 1.96. The first-order chi connectivity index (χ1) is 12.7. The molecule has 0 aliphatic heterocycles. The Morgan fingerprint density at radius 1 is 0.885 bits per heavy atom. The molecule has 0 saturated heterocycles. The minimum absolute atomic E-state index is 0.346. The highest BCUT2D eigenvalue weighted by molar-refractivity contribution is 6.35. The number of halogens is 1. The molecule has 0 unspecified atom stereocenters. The number of furan rings is 1. The summed E-state index contributed by atoms with van der Waals surface area (Å²) < 4.78 is 16.8. The number of fused-ring (bicyclic) bond motifs is 1. The van der Waals surface area contributed by atoms with Crippen LogP contribution in [0.3, 0.4) is 0 Å². The van der Waals surface area contributed by atoms with Crippen molar-refractivity contribution in [2.75, 3.05) is 14.2 Å². The molecule has 0 saturated carbocycles. The highest BCUT2D eigenvalue weighted by Crippen LogP contribution is 2.43. The van der Waals surface area contributed by atoms with E-state index in [9.17, 15) is 0 Å². The second-order valence-corrected chi connectivity index (χ2v) is 5.98. The standard InChI is InChI=1S/C20H15ClN2O3/c1-24-14-8-13(9-15(10-14)25-2)18-16(12-6-4-3-5-7-12)17-19(21)22-11-23-20(17)26-18/h3-11H,1-2H3. The van der Waals surface area contributed by atoms with Gasteiger partial charge in [-0.05, 0) is 17.7 Å². The lowest BCUT2D eigenvalue weighted by atomic mass is 9.99. The molecule has 0 radical (unpaired) electrons. The van der Waals surface area contributed by atoms with Gasteiger partial charge in [-0.15, -0.1) is 0 Å². The predicted octanol–water partition coefficient (Wildman–Crippen LogP) is 5.23. The lowest BCUT2D eigenvalue weighted by Crippen LogP contribution is -1.89. The van der Waals surface area contributed by atoms with Gasteiger partial charge in [-0.25, -0.2) is 9.97 Å². The molecule has 130 valence electrons. The summed E-state index contributed by atoms with van der Waals surface area (Å²) in [6.07, 6.45) is 1.39. The molecule has 4 aromatic rings. The molecule has 0 aliphatic rings. The average molecular weight is 367 g/mol. The van der Waals surface area contributed by atoms with E-state index in [1.54, 1.807) is 20.3 Å². The van der Waals surface area contributed by atoms with Crippen LogP contribution in [-0.4, -0.2) is 24.2 Å². The van der Waals surface area contributed by atoms with Gasteiger partial charge >= 0.3 is 0 Å². The van der Waals surface area contributed by atoms with E-state index >= 15 is 0 Å². The molecule has 0 bridgehead atoms. The number of hydrogen-bond donors (Lipinski definition) is 0. The topological polar surface area (TPSA) is 57.4 Å². The van der Waals surface area contributed by atoms with Crippen LogP contribution >= 0.6 is 11.6 Å². The number of aromatic nitrogens is 2. The molecule has 0 fully saturated rings. The summed E-state index contributed by atoms with van der Waals surface area (Å²) in [6.45, 7) is 0. The van der Waals surface area contributed by atoms with Gasteiger partial charge < -0.3 is 13.9 Å². The maximum atomic E-state index is 6.37. The van der Waals surface area contributed by atoms with Crippen molar-refractivity contribution in [3.8, 4) is 33.9 Å². The van der Waals surface area contributed by atoms with Crippen molar-refractivity contribution < 1.29 is 13.9 Å². The Bertz CT molecular complexity index is 1060. The highest BCUT2D eigenvalue weighted by atomic mass is 35.5. The Labute approximate surface area is 155 Å². The van der Waals surface area contributed by atoms with E-state index in [-0.39, 0.29) is 0 Å². The van der Waals surface area contributed by atoms with Gasteiger partial charge in [-0.1, -0.05) is 41.9 Å². The monoisotopic (exact) mass is 366 g/mol. The van der Waals surface area contributed by atoms with Crippen LogP contribution in [0.25, 0.3) is 33.6 Å². The minimum Gasteiger partial charge on any atom is -0.497 e. The lowest BCUT2D eigenvalue weighted by molar-refractivity contribution is 0.394. The third-order valence-electron chi connectivity index (χ3n) is 4.12. The first-order valence-corrected chi connectivity index (χ1v) is 8.31. The lowest BCUT2D eigenvalue weighted by Gasteiger charge is -2.09. The molecule has 6 heteroatoms. The molecular weight excluding hydrogens is 352 g/mol. The molecule has 5 nitrogen and oxygen atoms in total. The summed E-state index contributed by atoms with van der Waals surface area (Å²) in [7, 11) is 3.22. The first-order valence-electron chi connectivity index (χ1n) is 7.93. The smallest absolute Gasteiger partial charge is 0.231 e. The average Bonchev–Trinajstić information content (AvgIpc) is 3.09. The number of ether oxygens (including phenoxy) is 2. The van der Waals surface area contributed by atoms with Crippen molar-refractivity contribution in [1.29, 1.82) is 0 Å². The highest BCUT2D eigenvalue weighted by Gasteiger charge is 2.22. The van der Waals surface area contributed by atoms with E-state index < -0.39 is 0 Å². The fourth-order valence-corrected chi connectivity index (χ4v) is 3.14. The summed E-state index contributed by atoms with van der Waals surface area (Å²) in [5.41, 5.74) is 3.02. The van der Waals surface area contributed by atoms with Crippen molar-refractivity contribution in [2.45, 2.75) is 0 Å². The van der Waals surface area contributed by atoms with Crippen LogP contribution in [0.1, 0.15) is 0 Å². The van der Waals surface area contributed by atoms with Crippen LogP contribution in [0.5, 0.6) is 11.5 Å². The summed E-state index contributed by atoms with van der Waals surface area (Å²) >= 11 is 6.37. The van der Waals surface area contributed by atoms with Gasteiger partial charge in [0.05, 0.1) is 19.6 Å². The van der Waals surface area contributed by atoms with Crippen LogP contribution in [0, 0.1) is 0 Å². The van der Waals surface area contributed by atoms with E-state index in [2.05, 4.69) is 9.97 Å². The summed E-state index contributed by atoms with van der Waals surface area (Å²) in [5, 5.41) is 1.02. The van der Waals surface area contributed by atoms with Gasteiger partial charge in [0.15, 0.2) is 0 Å². The van der Waals surface area contributed by atoms with Gasteiger partial charge in [0.25, 0.3) is 0 Å². The molecule has 0 spiro atoms. The van der Waals surface area contributed by atoms with E-state index in [0.717, 1.165) is 16.7 Å².